The second-order valence-electron chi connectivity index (χ2n) is 5.74. The van der Waals surface area contributed by atoms with Crippen molar-refractivity contribution in [3.05, 3.63) is 64.5 Å². The Kier molecular flexibility index (Phi) is 3.78. The maximum Gasteiger partial charge on any atom is 0.231 e. The molecule has 1 N–H and O–H groups in total. The number of para-hydroxylation sites is 1. The van der Waals surface area contributed by atoms with Crippen LogP contribution in [0.15, 0.2) is 53.9 Å². The second-order valence-corrected chi connectivity index (χ2v) is 6.68. The van der Waals surface area contributed by atoms with E-state index >= 15 is 0 Å². The van der Waals surface area contributed by atoms with Crippen LogP contribution in [0.1, 0.15) is 23.4 Å². The van der Waals surface area contributed by atoms with Gasteiger partial charge in [0.1, 0.15) is 17.4 Å². The summed E-state index contributed by atoms with van der Waals surface area (Å²) in [5, 5.41) is 5.85. The Hall–Kier alpha value is -2.66. The Labute approximate surface area is 144 Å². The van der Waals surface area contributed by atoms with E-state index in [1.165, 1.54) is 0 Å². The third-order valence-electron chi connectivity index (χ3n) is 4.12. The zero-order chi connectivity index (χ0) is 16.5. The summed E-state index contributed by atoms with van der Waals surface area (Å²) >= 11 is 1.58. The summed E-state index contributed by atoms with van der Waals surface area (Å²) in [6.45, 7) is 2.38. The number of fused-ring (bicyclic) bond motifs is 1. The lowest BCUT2D eigenvalue weighted by molar-refractivity contribution is -0.116. The van der Waals surface area contributed by atoms with Crippen LogP contribution in [0.2, 0.25) is 0 Å². The Bertz CT molecular complexity index is 889. The summed E-state index contributed by atoms with van der Waals surface area (Å²) in [6, 6.07) is 15.7. The van der Waals surface area contributed by atoms with Crippen molar-refractivity contribution >= 4 is 22.9 Å². The average molecular weight is 336 g/mol. The zero-order valence-corrected chi connectivity index (χ0v) is 14.0. The van der Waals surface area contributed by atoms with Gasteiger partial charge in [0, 0.05) is 16.6 Å². The molecule has 24 heavy (non-hydrogen) atoms. The molecule has 1 amide bonds. The lowest BCUT2D eigenvalue weighted by Crippen LogP contribution is -2.08. The van der Waals surface area contributed by atoms with Crippen LogP contribution in [0.3, 0.4) is 0 Å². The minimum Gasteiger partial charge on any atom is -0.486 e. The molecular formula is C19H16N2O2S. The quantitative estimate of drug-likeness (QED) is 0.766. The number of carbonyl (C=O) groups excluding carboxylic acids is 1. The first kappa shape index (κ1) is 14.9. The number of anilines is 1. The molecule has 1 atom stereocenters. The first-order valence-electron chi connectivity index (χ1n) is 7.78. The SMILES string of the molecule is C[C@H]1C(=O)Nc2ccc(-c3csc(COc4ccccc4)n3)cc21. The monoisotopic (exact) mass is 336 g/mol. The van der Waals surface area contributed by atoms with E-state index in [2.05, 4.69) is 16.4 Å². The first-order valence-corrected chi connectivity index (χ1v) is 8.66. The molecule has 1 aromatic heterocycles. The Balaban J connectivity index is 1.52. The number of benzene rings is 2. The normalized spacial score (nSPS) is 15.9. The van der Waals surface area contributed by atoms with Crippen molar-refractivity contribution in [2.24, 2.45) is 0 Å². The van der Waals surface area contributed by atoms with Crippen LogP contribution < -0.4 is 10.1 Å². The van der Waals surface area contributed by atoms with Crippen LogP contribution in [0.25, 0.3) is 11.3 Å². The molecule has 0 unspecified atom stereocenters. The Morgan fingerprint density at radius 1 is 1.21 bits per heavy atom. The van der Waals surface area contributed by atoms with Gasteiger partial charge in [-0.15, -0.1) is 11.3 Å². The zero-order valence-electron chi connectivity index (χ0n) is 13.2. The average Bonchev–Trinajstić information content (AvgIpc) is 3.19. The number of amides is 1. The van der Waals surface area contributed by atoms with Crippen molar-refractivity contribution in [2.45, 2.75) is 19.4 Å². The molecule has 0 saturated heterocycles. The predicted octanol–water partition coefficient (Wildman–Crippen LogP) is 4.44. The molecule has 1 aliphatic rings. The molecule has 3 aromatic rings. The number of nitrogens with one attached hydrogen (secondary N) is 1. The molecule has 5 heteroatoms. The smallest absolute Gasteiger partial charge is 0.231 e. The molecule has 1 aliphatic heterocycles. The standard InChI is InChI=1S/C19H16N2O2S/c1-12-15-9-13(7-8-16(15)21-19(12)22)17-11-24-18(20-17)10-23-14-5-3-2-4-6-14/h2-9,11-12H,10H2,1H3,(H,21,22)/t12-/m1/s1. The van der Waals surface area contributed by atoms with E-state index in [-0.39, 0.29) is 11.8 Å². The summed E-state index contributed by atoms with van der Waals surface area (Å²) in [6.07, 6.45) is 0. The number of nitrogens with zero attached hydrogens (tertiary/aromatic N) is 1. The lowest BCUT2D eigenvalue weighted by atomic mass is 10.00. The predicted molar refractivity (Wildman–Crippen MR) is 95.4 cm³/mol. The van der Waals surface area contributed by atoms with E-state index < -0.39 is 0 Å². The van der Waals surface area contributed by atoms with Gasteiger partial charge in [-0.2, -0.15) is 0 Å². The molecule has 4 rings (SSSR count). The fraction of sp³-hybridized carbons (Fsp3) is 0.158. The van der Waals surface area contributed by atoms with E-state index in [9.17, 15) is 4.79 Å². The fourth-order valence-corrected chi connectivity index (χ4v) is 3.46. The number of rotatable bonds is 4. The summed E-state index contributed by atoms with van der Waals surface area (Å²) < 4.78 is 5.74. The number of ether oxygens (including phenoxy) is 1. The fourth-order valence-electron chi connectivity index (χ4n) is 2.75. The van der Waals surface area contributed by atoms with E-state index in [4.69, 9.17) is 4.74 Å². The highest BCUT2D eigenvalue weighted by Crippen LogP contribution is 2.35. The van der Waals surface area contributed by atoms with Gasteiger partial charge < -0.3 is 10.1 Å². The molecule has 0 aliphatic carbocycles. The van der Waals surface area contributed by atoms with Gasteiger partial charge in [0.2, 0.25) is 5.91 Å². The minimum absolute atomic E-state index is 0.0531. The minimum atomic E-state index is -0.112. The van der Waals surface area contributed by atoms with Gasteiger partial charge in [-0.3, -0.25) is 4.79 Å². The van der Waals surface area contributed by atoms with E-state index in [1.54, 1.807) is 11.3 Å². The maximum absolute atomic E-state index is 11.8. The van der Waals surface area contributed by atoms with Gasteiger partial charge >= 0.3 is 0 Å². The lowest BCUT2D eigenvalue weighted by Gasteiger charge is -2.04. The third-order valence-corrected chi connectivity index (χ3v) is 4.94. The van der Waals surface area contributed by atoms with Crippen LogP contribution >= 0.6 is 11.3 Å². The van der Waals surface area contributed by atoms with E-state index in [0.29, 0.717) is 6.61 Å². The van der Waals surface area contributed by atoms with Crippen molar-refractivity contribution < 1.29 is 9.53 Å². The van der Waals surface area contributed by atoms with Crippen LogP contribution in [-0.4, -0.2) is 10.9 Å². The van der Waals surface area contributed by atoms with Crippen molar-refractivity contribution in [2.75, 3.05) is 5.32 Å². The van der Waals surface area contributed by atoms with Gasteiger partial charge in [-0.25, -0.2) is 4.98 Å². The Morgan fingerprint density at radius 2 is 2.04 bits per heavy atom. The van der Waals surface area contributed by atoms with Gasteiger partial charge in [0.05, 0.1) is 11.6 Å². The summed E-state index contributed by atoms with van der Waals surface area (Å²) in [4.78, 5) is 16.4. The molecular weight excluding hydrogens is 320 g/mol. The summed E-state index contributed by atoms with van der Waals surface area (Å²) in [7, 11) is 0. The van der Waals surface area contributed by atoms with Crippen molar-refractivity contribution in [1.29, 1.82) is 0 Å². The largest absolute Gasteiger partial charge is 0.486 e. The van der Waals surface area contributed by atoms with E-state index in [0.717, 1.165) is 33.3 Å². The number of carbonyl (C=O) groups is 1. The molecule has 2 heterocycles. The van der Waals surface area contributed by atoms with Gasteiger partial charge in [-0.05, 0) is 36.8 Å². The summed E-state index contributed by atoms with van der Waals surface area (Å²) in [5.74, 6) is 0.780. The van der Waals surface area contributed by atoms with Gasteiger partial charge in [-0.1, -0.05) is 24.3 Å². The molecule has 0 saturated carbocycles. The van der Waals surface area contributed by atoms with Crippen molar-refractivity contribution in [3.8, 4) is 17.0 Å². The van der Waals surface area contributed by atoms with Crippen LogP contribution in [0.5, 0.6) is 5.75 Å². The van der Waals surface area contributed by atoms with Crippen molar-refractivity contribution in [1.82, 2.24) is 4.98 Å². The van der Waals surface area contributed by atoms with Gasteiger partial charge in [0.25, 0.3) is 0 Å². The molecule has 0 spiro atoms. The highest BCUT2D eigenvalue weighted by Gasteiger charge is 2.26. The molecule has 4 nitrogen and oxygen atoms in total. The molecule has 120 valence electrons. The molecule has 0 radical (unpaired) electrons. The first-order chi connectivity index (χ1) is 11.7. The van der Waals surface area contributed by atoms with Crippen molar-refractivity contribution in [3.63, 3.8) is 0 Å². The number of thiazole rings is 1. The summed E-state index contributed by atoms with van der Waals surface area (Å²) in [5.41, 5.74) is 3.88. The maximum atomic E-state index is 11.8. The highest BCUT2D eigenvalue weighted by atomic mass is 32.1. The van der Waals surface area contributed by atoms with Crippen LogP contribution in [0, 0.1) is 0 Å². The topological polar surface area (TPSA) is 51.2 Å². The van der Waals surface area contributed by atoms with Crippen LogP contribution in [-0.2, 0) is 11.4 Å². The Morgan fingerprint density at radius 3 is 2.88 bits per heavy atom. The molecule has 0 bridgehead atoms. The molecule has 0 fully saturated rings. The number of hydrogen-bond donors (Lipinski definition) is 1. The van der Waals surface area contributed by atoms with Gasteiger partial charge in [0.15, 0.2) is 0 Å². The third kappa shape index (κ3) is 2.78. The van der Waals surface area contributed by atoms with E-state index in [1.807, 2.05) is 54.8 Å². The van der Waals surface area contributed by atoms with Crippen LogP contribution in [0.4, 0.5) is 5.69 Å². The molecule has 2 aromatic carbocycles. The highest BCUT2D eigenvalue weighted by molar-refractivity contribution is 7.09. The number of aromatic nitrogens is 1. The number of hydrogen-bond acceptors (Lipinski definition) is 4. The second kappa shape index (κ2) is 6.09.